The lowest BCUT2D eigenvalue weighted by Gasteiger charge is -2.18. The molecule has 0 fully saturated rings. The molecule has 0 saturated heterocycles. The lowest BCUT2D eigenvalue weighted by Crippen LogP contribution is -2.23. The molecule has 0 radical (unpaired) electrons. The Morgan fingerprint density at radius 3 is 2.33 bits per heavy atom. The van der Waals surface area contributed by atoms with Gasteiger partial charge in [-0.3, -0.25) is 0 Å². The number of unbranched alkanes of at least 4 members (excludes halogenated alkanes) is 2. The maximum absolute atomic E-state index is 3.63. The van der Waals surface area contributed by atoms with E-state index in [2.05, 4.69) is 69.0 Å². The molecule has 21 heavy (non-hydrogen) atoms. The summed E-state index contributed by atoms with van der Waals surface area (Å²) < 4.78 is 0. The van der Waals surface area contributed by atoms with E-state index >= 15 is 0 Å². The van der Waals surface area contributed by atoms with Crippen LogP contribution in [0.25, 0.3) is 0 Å². The molecule has 0 spiro atoms. The summed E-state index contributed by atoms with van der Waals surface area (Å²) >= 11 is 2.09. The van der Waals surface area contributed by atoms with Gasteiger partial charge in [0.2, 0.25) is 0 Å². The first-order valence-corrected chi connectivity index (χ1v) is 9.72. The van der Waals surface area contributed by atoms with Crippen molar-refractivity contribution in [2.75, 3.05) is 18.1 Å². The van der Waals surface area contributed by atoms with Crippen molar-refractivity contribution < 1.29 is 0 Å². The molecule has 120 valence electrons. The van der Waals surface area contributed by atoms with Crippen LogP contribution in [0, 0.1) is 5.92 Å². The van der Waals surface area contributed by atoms with Gasteiger partial charge in [-0.25, -0.2) is 0 Å². The average Bonchev–Trinajstić information content (AvgIpc) is 2.46. The van der Waals surface area contributed by atoms with E-state index in [1.165, 1.54) is 48.3 Å². The molecule has 0 aliphatic rings. The third kappa shape index (κ3) is 7.92. The van der Waals surface area contributed by atoms with E-state index in [0.29, 0.717) is 6.04 Å². The van der Waals surface area contributed by atoms with Crippen molar-refractivity contribution in [3.63, 3.8) is 0 Å². The Bertz CT molecular complexity index is 358. The Morgan fingerprint density at radius 2 is 1.76 bits per heavy atom. The maximum Gasteiger partial charge on any atom is 0.0411 e. The van der Waals surface area contributed by atoms with Crippen LogP contribution in [0.15, 0.2) is 24.3 Å². The summed E-state index contributed by atoms with van der Waals surface area (Å²) in [5, 5.41) is 3.63. The summed E-state index contributed by atoms with van der Waals surface area (Å²) in [7, 11) is 0. The van der Waals surface area contributed by atoms with Crippen molar-refractivity contribution in [3.8, 4) is 0 Å². The zero-order valence-corrected chi connectivity index (χ0v) is 15.1. The Kier molecular flexibility index (Phi) is 9.86. The molecule has 0 bridgehead atoms. The molecular weight excluding hydrogens is 274 g/mol. The first kappa shape index (κ1) is 18.6. The van der Waals surface area contributed by atoms with E-state index in [9.17, 15) is 0 Å². The van der Waals surface area contributed by atoms with E-state index in [-0.39, 0.29) is 0 Å². The molecule has 0 heterocycles. The number of benzene rings is 1. The van der Waals surface area contributed by atoms with E-state index in [0.717, 1.165) is 12.5 Å². The smallest absolute Gasteiger partial charge is 0.0411 e. The van der Waals surface area contributed by atoms with Crippen LogP contribution in [0.2, 0.25) is 0 Å². The molecule has 0 amide bonds. The predicted molar refractivity (Wildman–Crippen MR) is 98.3 cm³/mol. The van der Waals surface area contributed by atoms with E-state index in [1.807, 2.05) is 0 Å². The molecule has 1 unspecified atom stereocenters. The second-order valence-electron chi connectivity index (χ2n) is 6.23. The highest BCUT2D eigenvalue weighted by atomic mass is 32.2. The summed E-state index contributed by atoms with van der Waals surface area (Å²) in [5.74, 6) is 3.21. The molecule has 1 rings (SSSR count). The lowest BCUT2D eigenvalue weighted by molar-refractivity contribution is 0.604. The summed E-state index contributed by atoms with van der Waals surface area (Å²) in [6.45, 7) is 10.1. The standard InChI is InChI=1S/C19H33NS/c1-5-7-8-13-21-15-19(20-6-2)18-11-9-17(10-12-18)14-16(3)4/h9-12,16,19-20H,5-8,13-15H2,1-4H3. The molecule has 0 aliphatic heterocycles. The largest absolute Gasteiger partial charge is 0.310 e. The number of nitrogens with one attached hydrogen (secondary N) is 1. The van der Waals surface area contributed by atoms with Crippen molar-refractivity contribution in [1.82, 2.24) is 5.32 Å². The topological polar surface area (TPSA) is 12.0 Å². The number of thioether (sulfide) groups is 1. The van der Waals surface area contributed by atoms with Crippen LogP contribution >= 0.6 is 11.8 Å². The summed E-state index contributed by atoms with van der Waals surface area (Å²) in [4.78, 5) is 0. The average molecular weight is 308 g/mol. The monoisotopic (exact) mass is 307 g/mol. The SMILES string of the molecule is CCCCCSCC(NCC)c1ccc(CC(C)C)cc1. The van der Waals surface area contributed by atoms with Crippen LogP contribution in [-0.4, -0.2) is 18.1 Å². The number of hydrogen-bond donors (Lipinski definition) is 1. The van der Waals surface area contributed by atoms with Gasteiger partial charge in [-0.05, 0) is 42.2 Å². The van der Waals surface area contributed by atoms with Gasteiger partial charge in [-0.1, -0.05) is 64.8 Å². The summed E-state index contributed by atoms with van der Waals surface area (Å²) in [6, 6.07) is 9.74. The third-order valence-corrected chi connectivity index (χ3v) is 4.80. The van der Waals surface area contributed by atoms with Gasteiger partial charge in [0.05, 0.1) is 0 Å². The normalized spacial score (nSPS) is 12.8. The Balaban J connectivity index is 2.50. The molecule has 0 aliphatic carbocycles. The second-order valence-corrected chi connectivity index (χ2v) is 7.38. The third-order valence-electron chi connectivity index (χ3n) is 3.65. The fraction of sp³-hybridized carbons (Fsp3) is 0.684. The van der Waals surface area contributed by atoms with Gasteiger partial charge in [0.15, 0.2) is 0 Å². The molecular formula is C19H33NS. The van der Waals surface area contributed by atoms with Crippen LogP contribution in [0.1, 0.15) is 64.1 Å². The minimum Gasteiger partial charge on any atom is -0.310 e. The van der Waals surface area contributed by atoms with Crippen LogP contribution in [0.4, 0.5) is 0 Å². The minimum absolute atomic E-state index is 0.495. The summed E-state index contributed by atoms with van der Waals surface area (Å²) in [5.41, 5.74) is 2.90. The van der Waals surface area contributed by atoms with E-state index in [1.54, 1.807) is 0 Å². The fourth-order valence-electron chi connectivity index (χ4n) is 2.53. The molecule has 1 aromatic carbocycles. The Morgan fingerprint density at radius 1 is 1.05 bits per heavy atom. The van der Waals surface area contributed by atoms with Crippen LogP contribution in [0.5, 0.6) is 0 Å². The van der Waals surface area contributed by atoms with Gasteiger partial charge in [0.25, 0.3) is 0 Å². The molecule has 1 atom stereocenters. The molecule has 1 aromatic rings. The van der Waals surface area contributed by atoms with Crippen LogP contribution < -0.4 is 5.32 Å². The highest BCUT2D eigenvalue weighted by Crippen LogP contribution is 2.21. The van der Waals surface area contributed by atoms with Gasteiger partial charge >= 0.3 is 0 Å². The van der Waals surface area contributed by atoms with Crippen LogP contribution in [0.3, 0.4) is 0 Å². The number of rotatable bonds is 11. The Labute approximate surface area is 136 Å². The van der Waals surface area contributed by atoms with Gasteiger partial charge in [-0.15, -0.1) is 0 Å². The first-order chi connectivity index (χ1) is 10.2. The lowest BCUT2D eigenvalue weighted by atomic mass is 10.00. The van der Waals surface area contributed by atoms with Crippen molar-refractivity contribution >= 4 is 11.8 Å². The maximum atomic E-state index is 3.63. The van der Waals surface area contributed by atoms with Gasteiger partial charge < -0.3 is 5.32 Å². The minimum atomic E-state index is 0.495. The molecule has 1 nitrogen and oxygen atoms in total. The second kappa shape index (κ2) is 11.1. The first-order valence-electron chi connectivity index (χ1n) is 8.57. The molecule has 2 heteroatoms. The van der Waals surface area contributed by atoms with Gasteiger partial charge in [-0.2, -0.15) is 11.8 Å². The van der Waals surface area contributed by atoms with Crippen molar-refractivity contribution in [2.45, 2.75) is 59.4 Å². The summed E-state index contributed by atoms with van der Waals surface area (Å²) in [6.07, 6.45) is 5.21. The Hall–Kier alpha value is -0.470. The van der Waals surface area contributed by atoms with Crippen LogP contribution in [-0.2, 0) is 6.42 Å². The van der Waals surface area contributed by atoms with Gasteiger partial charge in [0.1, 0.15) is 0 Å². The highest BCUT2D eigenvalue weighted by Gasteiger charge is 2.10. The van der Waals surface area contributed by atoms with Crippen molar-refractivity contribution in [2.24, 2.45) is 5.92 Å². The van der Waals surface area contributed by atoms with E-state index in [4.69, 9.17) is 0 Å². The molecule has 0 saturated carbocycles. The zero-order chi connectivity index (χ0) is 15.5. The van der Waals surface area contributed by atoms with E-state index < -0.39 is 0 Å². The van der Waals surface area contributed by atoms with Crippen molar-refractivity contribution in [3.05, 3.63) is 35.4 Å². The highest BCUT2D eigenvalue weighted by molar-refractivity contribution is 7.99. The zero-order valence-electron chi connectivity index (χ0n) is 14.3. The van der Waals surface area contributed by atoms with Gasteiger partial charge in [0, 0.05) is 11.8 Å². The number of hydrogen-bond acceptors (Lipinski definition) is 2. The molecule has 1 N–H and O–H groups in total. The molecule has 0 aromatic heterocycles. The van der Waals surface area contributed by atoms with Crippen molar-refractivity contribution in [1.29, 1.82) is 0 Å². The fourth-order valence-corrected chi connectivity index (χ4v) is 3.65. The predicted octanol–water partition coefficient (Wildman–Crippen LogP) is 5.46. The quantitative estimate of drug-likeness (QED) is 0.545.